The first kappa shape index (κ1) is 17.4. The minimum atomic E-state index is -4.19. The van der Waals surface area contributed by atoms with Crippen LogP contribution in [0.3, 0.4) is 0 Å². The van der Waals surface area contributed by atoms with Gasteiger partial charge in [0.2, 0.25) is 0 Å². The third-order valence-corrected chi connectivity index (χ3v) is 4.93. The van der Waals surface area contributed by atoms with Gasteiger partial charge >= 0.3 is 0 Å². The third-order valence-electron chi connectivity index (χ3n) is 3.63. The zero-order chi connectivity index (χ0) is 18.9. The lowest BCUT2D eigenvalue weighted by Gasteiger charge is -2.24. The quantitative estimate of drug-likeness (QED) is 0.660. The van der Waals surface area contributed by atoms with Gasteiger partial charge in [0, 0.05) is 0 Å². The van der Waals surface area contributed by atoms with Gasteiger partial charge in [0.05, 0.1) is 16.8 Å². The average molecular weight is 368 g/mol. The third kappa shape index (κ3) is 3.50. The Morgan fingerprint density at radius 1 is 0.769 bits per heavy atom. The Kier molecular flexibility index (Phi) is 4.35. The van der Waals surface area contributed by atoms with Crippen LogP contribution in [-0.2, 0) is 10.0 Å². The van der Waals surface area contributed by atoms with E-state index in [0.717, 1.165) is 23.6 Å². The van der Waals surface area contributed by atoms with Crippen LogP contribution in [-0.4, -0.2) is 20.4 Å². The Morgan fingerprint density at radius 2 is 1.35 bits per heavy atom. The molecule has 0 aliphatic heterocycles. The minimum Gasteiger partial charge on any atom is -0.573 e. The second-order valence-electron chi connectivity index (χ2n) is 5.42. The summed E-state index contributed by atoms with van der Waals surface area (Å²) in [5.41, 5.74) is -1.38. The number of carboxylic acids is 2. The highest BCUT2D eigenvalue weighted by Crippen LogP contribution is 2.31. The van der Waals surface area contributed by atoms with E-state index in [9.17, 15) is 28.2 Å². The summed E-state index contributed by atoms with van der Waals surface area (Å²) in [5.74, 6) is -3.32. The molecule has 0 spiro atoms. The molecule has 0 fully saturated rings. The van der Waals surface area contributed by atoms with Crippen LogP contribution >= 0.6 is 0 Å². The van der Waals surface area contributed by atoms with Gasteiger partial charge in [-0.1, -0.05) is 42.5 Å². The Balaban J connectivity index is 2.03. The van der Waals surface area contributed by atoms with Gasteiger partial charge in [-0.05, 0) is 40.1 Å². The molecule has 26 heavy (non-hydrogen) atoms. The molecule has 0 aromatic heterocycles. The topological polar surface area (TPSA) is 128 Å². The zero-order valence-corrected chi connectivity index (χ0v) is 13.9. The maximum atomic E-state index is 12.5. The Labute approximate surface area is 148 Å². The highest BCUT2D eigenvalue weighted by molar-refractivity contribution is 7.94. The second kappa shape index (κ2) is 6.49. The van der Waals surface area contributed by atoms with Crippen LogP contribution in [0.4, 0.5) is 5.69 Å². The van der Waals surface area contributed by atoms with Gasteiger partial charge in [-0.2, -0.15) is 0 Å². The first-order valence-electron chi connectivity index (χ1n) is 7.31. The number of rotatable bonds is 5. The molecule has 0 N–H and O–H groups in total. The molecule has 7 nitrogen and oxygen atoms in total. The Morgan fingerprint density at radius 3 is 1.92 bits per heavy atom. The summed E-state index contributed by atoms with van der Waals surface area (Å²) in [7, 11) is -4.19. The molecule has 0 radical (unpaired) electrons. The Bertz CT molecular complexity index is 1110. The van der Waals surface area contributed by atoms with Crippen LogP contribution in [0.15, 0.2) is 65.6 Å². The first-order valence-corrected chi connectivity index (χ1v) is 8.75. The van der Waals surface area contributed by atoms with E-state index >= 15 is 0 Å². The maximum absolute atomic E-state index is 12.5. The Hall–Kier alpha value is -3.39. The number of carbonyl (C=O) groups is 2. The second-order valence-corrected chi connectivity index (χ2v) is 7.02. The zero-order valence-electron chi connectivity index (χ0n) is 13.1. The molecule has 3 aromatic carbocycles. The number of fused-ring (bicyclic) bond motifs is 1. The van der Waals surface area contributed by atoms with Gasteiger partial charge in [0.15, 0.2) is 0 Å². The van der Waals surface area contributed by atoms with E-state index in [4.69, 9.17) is 0 Å². The van der Waals surface area contributed by atoms with E-state index in [-0.39, 0.29) is 10.6 Å². The lowest BCUT2D eigenvalue weighted by molar-refractivity contribution is -0.255. The standard InChI is InChI=1S/C18H12NO6S/c20-17(21)13-7-14(18(22)23)9-15(8-13)19-26(24,25)16-6-5-11-3-1-2-4-12(11)10-16/h1-10H,(H,20,21)(H,22,23)/q-1/p-2. The van der Waals surface area contributed by atoms with Crippen LogP contribution in [0, 0.1) is 0 Å². The van der Waals surface area contributed by atoms with E-state index < -0.39 is 33.1 Å². The largest absolute Gasteiger partial charge is 0.573 e. The van der Waals surface area contributed by atoms with Crippen molar-refractivity contribution in [2.45, 2.75) is 4.90 Å². The minimum absolute atomic E-state index is 0.106. The highest BCUT2D eigenvalue weighted by Gasteiger charge is 2.07. The SMILES string of the molecule is O=C([O-])c1cc([N-]S(=O)(=O)c2ccc3ccccc3c2)cc(C(=O)[O-])c1. The maximum Gasteiger partial charge on any atom is 0.123 e. The van der Waals surface area contributed by atoms with Crippen LogP contribution < -0.4 is 10.2 Å². The molecular formula is C18H10NO6S-3. The molecule has 8 heteroatoms. The van der Waals surface area contributed by atoms with Crippen molar-refractivity contribution in [3.63, 3.8) is 0 Å². The molecule has 0 saturated heterocycles. The van der Waals surface area contributed by atoms with E-state index in [1.54, 1.807) is 18.2 Å². The lowest BCUT2D eigenvalue weighted by atomic mass is 10.1. The predicted octanol–water partition coefficient (Wildman–Crippen LogP) is 0.961. The van der Waals surface area contributed by atoms with Crippen LogP contribution in [0.5, 0.6) is 0 Å². The van der Waals surface area contributed by atoms with E-state index in [0.29, 0.717) is 5.39 Å². The summed E-state index contributed by atoms with van der Waals surface area (Å²) in [6.07, 6.45) is 0. The summed E-state index contributed by atoms with van der Waals surface area (Å²) in [4.78, 5) is 21.9. The lowest BCUT2D eigenvalue weighted by Crippen LogP contribution is -2.25. The van der Waals surface area contributed by atoms with Gasteiger partial charge in [-0.3, -0.25) is 0 Å². The highest BCUT2D eigenvalue weighted by atomic mass is 32.2. The molecule has 0 saturated carbocycles. The number of nitrogens with zero attached hydrogens (tertiary/aromatic N) is 1. The molecule has 0 bridgehead atoms. The van der Waals surface area contributed by atoms with E-state index in [2.05, 4.69) is 4.72 Å². The summed E-state index contributed by atoms with van der Waals surface area (Å²) < 4.78 is 28.6. The van der Waals surface area contributed by atoms with Gasteiger partial charge in [-0.15, -0.1) is 5.69 Å². The average Bonchev–Trinajstić information content (AvgIpc) is 2.60. The number of aromatic carboxylic acids is 2. The van der Waals surface area contributed by atoms with Crippen molar-refractivity contribution in [2.75, 3.05) is 0 Å². The van der Waals surface area contributed by atoms with Crippen molar-refractivity contribution in [3.8, 4) is 0 Å². The molecule has 0 amide bonds. The van der Waals surface area contributed by atoms with Crippen LogP contribution in [0.25, 0.3) is 15.5 Å². The molecule has 0 heterocycles. The monoisotopic (exact) mass is 368 g/mol. The number of sulfonamides is 1. The van der Waals surface area contributed by atoms with Crippen molar-refractivity contribution in [1.82, 2.24) is 0 Å². The van der Waals surface area contributed by atoms with E-state index in [1.807, 2.05) is 12.1 Å². The predicted molar refractivity (Wildman–Crippen MR) is 89.3 cm³/mol. The molecule has 0 aliphatic carbocycles. The summed E-state index contributed by atoms with van der Waals surface area (Å²) in [6.45, 7) is 0. The fourth-order valence-corrected chi connectivity index (χ4v) is 3.42. The molecule has 0 aliphatic rings. The van der Waals surface area contributed by atoms with Crippen LogP contribution in [0.1, 0.15) is 20.7 Å². The number of carboxylic acid groups (broad SMARTS) is 2. The summed E-state index contributed by atoms with van der Waals surface area (Å²) >= 11 is 0. The molecule has 132 valence electrons. The van der Waals surface area contributed by atoms with E-state index in [1.165, 1.54) is 12.1 Å². The number of hydrogen-bond donors (Lipinski definition) is 0. The smallest absolute Gasteiger partial charge is 0.123 e. The van der Waals surface area contributed by atoms with Crippen molar-refractivity contribution < 1.29 is 28.2 Å². The fourth-order valence-electron chi connectivity index (χ4n) is 2.42. The van der Waals surface area contributed by atoms with Crippen LogP contribution in [0.2, 0.25) is 0 Å². The summed E-state index contributed by atoms with van der Waals surface area (Å²) in [6, 6.07) is 14.2. The van der Waals surface area contributed by atoms with Crippen molar-refractivity contribution in [1.29, 1.82) is 0 Å². The number of benzene rings is 3. The normalized spacial score (nSPS) is 11.2. The van der Waals surface area contributed by atoms with Gasteiger partial charge in [0.1, 0.15) is 10.0 Å². The van der Waals surface area contributed by atoms with Crippen molar-refractivity contribution in [3.05, 3.63) is 76.5 Å². The molecular weight excluding hydrogens is 358 g/mol. The molecule has 0 unspecified atom stereocenters. The molecule has 0 atom stereocenters. The summed E-state index contributed by atoms with van der Waals surface area (Å²) in [5, 5.41) is 23.5. The van der Waals surface area contributed by atoms with Gasteiger partial charge in [0.25, 0.3) is 0 Å². The first-order chi connectivity index (χ1) is 12.3. The van der Waals surface area contributed by atoms with Gasteiger partial charge in [-0.25, -0.2) is 8.42 Å². The fraction of sp³-hybridized carbons (Fsp3) is 0. The van der Waals surface area contributed by atoms with Gasteiger partial charge < -0.3 is 24.5 Å². The number of hydrogen-bond acceptors (Lipinski definition) is 6. The molecule has 3 rings (SSSR count). The van der Waals surface area contributed by atoms with Crippen molar-refractivity contribution >= 4 is 38.4 Å². The van der Waals surface area contributed by atoms with Crippen molar-refractivity contribution in [2.24, 2.45) is 0 Å². The molecule has 3 aromatic rings. The number of carbonyl (C=O) groups excluding carboxylic acids is 2.